The molecule has 11 heteroatoms. The highest BCUT2D eigenvalue weighted by atomic mass is 32.2. The van der Waals surface area contributed by atoms with E-state index < -0.39 is 39.2 Å². The monoisotopic (exact) mass is 506 g/mol. The first-order chi connectivity index (χ1) is 16.5. The number of amides is 1. The van der Waals surface area contributed by atoms with Gasteiger partial charge in [0.05, 0.1) is 6.42 Å². The Balaban J connectivity index is 1.68. The second-order valence-electron chi connectivity index (χ2n) is 10.0. The summed E-state index contributed by atoms with van der Waals surface area (Å²) < 4.78 is 37.5. The van der Waals surface area contributed by atoms with E-state index in [-0.39, 0.29) is 17.2 Å². The molecule has 35 heavy (non-hydrogen) atoms. The van der Waals surface area contributed by atoms with Gasteiger partial charge in [-0.25, -0.2) is 13.1 Å². The molecule has 0 saturated heterocycles. The molecule has 0 spiro atoms. The summed E-state index contributed by atoms with van der Waals surface area (Å²) in [4.78, 5) is 32.7. The Bertz CT molecular complexity index is 1090. The lowest BCUT2D eigenvalue weighted by Crippen LogP contribution is -2.31. The van der Waals surface area contributed by atoms with Gasteiger partial charge in [-0.05, 0) is 45.2 Å². The van der Waals surface area contributed by atoms with E-state index in [9.17, 15) is 18.0 Å². The van der Waals surface area contributed by atoms with Crippen molar-refractivity contribution in [3.05, 3.63) is 36.2 Å². The number of sulfonamides is 1. The van der Waals surface area contributed by atoms with Crippen LogP contribution >= 0.6 is 0 Å². The van der Waals surface area contributed by atoms with Crippen LogP contribution in [0.1, 0.15) is 101 Å². The largest absolute Gasteiger partial charge is 0.460 e. The van der Waals surface area contributed by atoms with E-state index in [4.69, 9.17) is 9.26 Å². The third-order valence-corrected chi connectivity index (χ3v) is 7.20. The van der Waals surface area contributed by atoms with Crippen molar-refractivity contribution in [1.29, 1.82) is 0 Å². The molecule has 0 aromatic carbocycles. The van der Waals surface area contributed by atoms with Gasteiger partial charge in [0, 0.05) is 18.3 Å². The van der Waals surface area contributed by atoms with Crippen LogP contribution in [0.4, 0.5) is 0 Å². The normalized spacial score (nSPS) is 16.0. The third kappa shape index (κ3) is 8.41. The zero-order valence-corrected chi connectivity index (χ0v) is 21.3. The minimum absolute atomic E-state index is 0.0270. The van der Waals surface area contributed by atoms with E-state index in [1.165, 1.54) is 50.4 Å². The van der Waals surface area contributed by atoms with E-state index in [2.05, 4.69) is 15.1 Å². The number of carbonyl (C=O) groups excluding carboxylic acids is 2. The topological polar surface area (TPSA) is 141 Å². The number of hydrogen-bond acceptors (Lipinski definition) is 9. The summed E-state index contributed by atoms with van der Waals surface area (Å²) in [6, 6.07) is 2.76. The number of nitrogens with zero attached hydrogens (tertiary/aromatic N) is 3. The lowest BCUT2D eigenvalue weighted by molar-refractivity contribution is -0.155. The van der Waals surface area contributed by atoms with E-state index >= 15 is 0 Å². The molecule has 2 aromatic heterocycles. The number of esters is 1. The number of aromatic nitrogens is 3. The predicted octanol–water partition coefficient (Wildman–Crippen LogP) is 4.15. The Morgan fingerprint density at radius 1 is 1.23 bits per heavy atom. The summed E-state index contributed by atoms with van der Waals surface area (Å²) in [5.74, 6) is -1.48. The molecular formula is C24H34N4O6S. The lowest BCUT2D eigenvalue weighted by Gasteiger charge is -2.23. The Labute approximate surface area is 206 Å². The van der Waals surface area contributed by atoms with Gasteiger partial charge in [0.2, 0.25) is 5.89 Å². The number of hydrogen-bond donors (Lipinski definition) is 1. The molecule has 192 valence electrons. The van der Waals surface area contributed by atoms with Crippen LogP contribution in [-0.4, -0.2) is 41.0 Å². The van der Waals surface area contributed by atoms with E-state index in [1.807, 2.05) is 4.72 Å². The van der Waals surface area contributed by atoms with Crippen LogP contribution in [0.25, 0.3) is 0 Å². The van der Waals surface area contributed by atoms with Crippen molar-refractivity contribution >= 4 is 21.9 Å². The first-order valence-corrected chi connectivity index (χ1v) is 13.5. The summed E-state index contributed by atoms with van der Waals surface area (Å²) in [6.07, 6.45) is 11.4. The van der Waals surface area contributed by atoms with Gasteiger partial charge in [-0.2, -0.15) is 4.98 Å². The summed E-state index contributed by atoms with van der Waals surface area (Å²) in [5, 5.41) is 3.66. The smallest absolute Gasteiger partial charge is 0.307 e. The molecule has 1 atom stereocenters. The Morgan fingerprint density at radius 2 is 1.97 bits per heavy atom. The molecule has 3 rings (SSSR count). The van der Waals surface area contributed by atoms with Crippen molar-refractivity contribution in [3.8, 4) is 0 Å². The van der Waals surface area contributed by atoms with Crippen molar-refractivity contribution in [2.75, 3.05) is 0 Å². The van der Waals surface area contributed by atoms with Gasteiger partial charge in [-0.15, -0.1) is 0 Å². The van der Waals surface area contributed by atoms with E-state index in [1.54, 1.807) is 20.8 Å². The molecule has 0 aliphatic heterocycles. The van der Waals surface area contributed by atoms with E-state index in [0.717, 1.165) is 19.0 Å². The molecule has 0 bridgehead atoms. The van der Waals surface area contributed by atoms with Gasteiger partial charge < -0.3 is 9.26 Å². The number of rotatable bonds is 10. The second kappa shape index (κ2) is 11.7. The minimum atomic E-state index is -4.14. The van der Waals surface area contributed by atoms with Gasteiger partial charge >= 0.3 is 11.9 Å². The van der Waals surface area contributed by atoms with Crippen LogP contribution in [0.5, 0.6) is 0 Å². The Hall–Kier alpha value is -2.82. The number of carbonyl (C=O) groups is 2. The molecule has 1 amide bonds. The third-order valence-electron chi connectivity index (χ3n) is 5.89. The van der Waals surface area contributed by atoms with Crippen molar-refractivity contribution in [2.24, 2.45) is 5.92 Å². The van der Waals surface area contributed by atoms with Crippen molar-refractivity contribution in [1.82, 2.24) is 19.8 Å². The minimum Gasteiger partial charge on any atom is -0.460 e. The quantitative estimate of drug-likeness (QED) is 0.470. The second-order valence-corrected chi connectivity index (χ2v) is 11.7. The van der Waals surface area contributed by atoms with Crippen LogP contribution in [-0.2, 0) is 19.6 Å². The highest BCUT2D eigenvalue weighted by Crippen LogP contribution is 2.31. The predicted molar refractivity (Wildman–Crippen MR) is 127 cm³/mol. The van der Waals surface area contributed by atoms with Crippen molar-refractivity contribution in [3.63, 3.8) is 0 Å². The maximum absolute atomic E-state index is 12.5. The molecule has 2 heterocycles. The SMILES string of the molecule is CC(C)(C)OC(=O)C[C@@H](CCCC1CCCCC1)c1nc(C(=O)NS(=O)(=O)c2cccnc2)no1. The van der Waals surface area contributed by atoms with Crippen LogP contribution in [0.15, 0.2) is 33.9 Å². The fraction of sp³-hybridized carbons (Fsp3) is 0.625. The summed E-state index contributed by atoms with van der Waals surface area (Å²) in [6.45, 7) is 5.38. The molecule has 1 N–H and O–H groups in total. The van der Waals surface area contributed by atoms with Crippen molar-refractivity contribution in [2.45, 2.75) is 95.0 Å². The van der Waals surface area contributed by atoms with Crippen LogP contribution in [0.2, 0.25) is 0 Å². The molecule has 1 aliphatic carbocycles. The maximum Gasteiger partial charge on any atom is 0.307 e. The number of nitrogens with one attached hydrogen (secondary N) is 1. The number of ether oxygens (including phenoxy) is 1. The lowest BCUT2D eigenvalue weighted by atomic mass is 9.84. The summed E-state index contributed by atoms with van der Waals surface area (Å²) in [7, 11) is -4.14. The first kappa shape index (κ1) is 26.8. The Kier molecular flexibility index (Phi) is 8.98. The fourth-order valence-electron chi connectivity index (χ4n) is 4.25. The highest BCUT2D eigenvalue weighted by Gasteiger charge is 2.29. The molecular weight excluding hydrogens is 472 g/mol. The Morgan fingerprint density at radius 3 is 2.63 bits per heavy atom. The number of pyridine rings is 1. The molecule has 0 unspecified atom stereocenters. The molecule has 0 radical (unpaired) electrons. The molecule has 2 aromatic rings. The molecule has 1 aliphatic rings. The van der Waals surface area contributed by atoms with Gasteiger partial charge in [-0.3, -0.25) is 14.6 Å². The summed E-state index contributed by atoms with van der Waals surface area (Å²) in [5.41, 5.74) is -0.635. The standard InChI is InChI=1S/C24H34N4O6S/c1-24(2,3)33-20(29)15-18(12-7-11-17-9-5-4-6-10-17)23-26-21(27-34-23)22(30)28-35(31,32)19-13-8-14-25-16-19/h8,13-14,16-18H,4-7,9-12,15H2,1-3H3,(H,28,30)/t18-/m1/s1. The average molecular weight is 507 g/mol. The fourth-order valence-corrected chi connectivity index (χ4v) is 5.16. The highest BCUT2D eigenvalue weighted by molar-refractivity contribution is 7.90. The van der Waals surface area contributed by atoms with Crippen LogP contribution in [0.3, 0.4) is 0 Å². The van der Waals surface area contributed by atoms with Gasteiger partial charge in [0.1, 0.15) is 10.5 Å². The van der Waals surface area contributed by atoms with Crippen LogP contribution < -0.4 is 4.72 Å². The van der Waals surface area contributed by atoms with Crippen molar-refractivity contribution < 1.29 is 27.3 Å². The van der Waals surface area contributed by atoms with Gasteiger partial charge in [0.25, 0.3) is 15.8 Å². The maximum atomic E-state index is 12.5. The average Bonchev–Trinajstić information content (AvgIpc) is 3.29. The first-order valence-electron chi connectivity index (χ1n) is 12.1. The summed E-state index contributed by atoms with van der Waals surface area (Å²) >= 11 is 0. The van der Waals surface area contributed by atoms with E-state index in [0.29, 0.717) is 12.3 Å². The zero-order chi connectivity index (χ0) is 25.5. The molecule has 10 nitrogen and oxygen atoms in total. The van der Waals surface area contributed by atoms with Crippen LogP contribution in [0, 0.1) is 5.92 Å². The molecule has 1 fully saturated rings. The van der Waals surface area contributed by atoms with Gasteiger partial charge in [0.15, 0.2) is 0 Å². The van der Waals surface area contributed by atoms with Gasteiger partial charge in [-0.1, -0.05) is 50.1 Å². The zero-order valence-electron chi connectivity index (χ0n) is 20.5. The molecule has 1 saturated carbocycles.